The van der Waals surface area contributed by atoms with Gasteiger partial charge < -0.3 is 9.52 Å². The lowest BCUT2D eigenvalue weighted by Gasteiger charge is -2.01. The first kappa shape index (κ1) is 13.6. The third-order valence-corrected chi connectivity index (χ3v) is 3.27. The maximum Gasteiger partial charge on any atom is 0.371 e. The van der Waals surface area contributed by atoms with Gasteiger partial charge in [-0.15, -0.1) is 0 Å². The fourth-order valence-electron chi connectivity index (χ4n) is 1.48. The topological polar surface area (TPSA) is 117 Å². The number of carbonyl (C=O) groups is 1. The van der Waals surface area contributed by atoms with Crippen LogP contribution in [0.5, 0.6) is 0 Å². The largest absolute Gasteiger partial charge is 0.475 e. The molecule has 0 atom stereocenters. The van der Waals surface area contributed by atoms with Crippen LogP contribution in [0.1, 0.15) is 16.1 Å². The van der Waals surface area contributed by atoms with E-state index in [1.54, 1.807) is 6.07 Å². The van der Waals surface area contributed by atoms with E-state index in [-0.39, 0.29) is 27.0 Å². The normalized spacial score (nSPS) is 9.95. The number of nitrogens with zero attached hydrogens (tertiary/aromatic N) is 2. The Hall–Kier alpha value is -2.79. The lowest BCUT2D eigenvalue weighted by molar-refractivity contribution is -0.388. The van der Waals surface area contributed by atoms with Gasteiger partial charge in [0.15, 0.2) is 5.09 Å². The summed E-state index contributed by atoms with van der Waals surface area (Å²) in [5.41, 5.74) is -0.390. The smallest absolute Gasteiger partial charge is 0.371 e. The van der Waals surface area contributed by atoms with Gasteiger partial charge in [0, 0.05) is 0 Å². The Kier molecular flexibility index (Phi) is 3.72. The molecule has 8 heteroatoms. The Labute approximate surface area is 116 Å². The first-order valence-electron chi connectivity index (χ1n) is 5.21. The number of carboxylic acid groups (broad SMARTS) is 1. The van der Waals surface area contributed by atoms with Crippen LogP contribution in [0.4, 0.5) is 5.69 Å². The van der Waals surface area contributed by atoms with Crippen LogP contribution >= 0.6 is 11.8 Å². The van der Waals surface area contributed by atoms with Crippen molar-refractivity contribution < 1.29 is 19.2 Å². The number of nitro benzene ring substituents is 1. The van der Waals surface area contributed by atoms with Crippen molar-refractivity contribution in [3.63, 3.8) is 0 Å². The van der Waals surface area contributed by atoms with E-state index in [1.165, 1.54) is 30.3 Å². The second-order valence-corrected chi connectivity index (χ2v) is 4.59. The van der Waals surface area contributed by atoms with Crippen LogP contribution < -0.4 is 0 Å². The fraction of sp³-hybridized carbons (Fsp3) is 0. The monoisotopic (exact) mass is 290 g/mol. The minimum atomic E-state index is -1.22. The molecule has 2 aromatic rings. The molecule has 0 saturated carbocycles. The second kappa shape index (κ2) is 5.46. The summed E-state index contributed by atoms with van der Waals surface area (Å²) >= 11 is 0.888. The van der Waals surface area contributed by atoms with E-state index >= 15 is 0 Å². The lowest BCUT2D eigenvalue weighted by Crippen LogP contribution is -1.94. The maximum atomic E-state index is 11.0. The number of nitro groups is 1. The standard InChI is InChI=1S/C12H6N2O5S/c13-6-7-2-1-3-9(11(7)14(17)18)20-10-5-4-8(19-10)12(15)16/h1-5H,(H,15,16). The highest BCUT2D eigenvalue weighted by Crippen LogP contribution is 2.37. The van der Waals surface area contributed by atoms with Crippen molar-refractivity contribution in [3.8, 4) is 6.07 Å². The Morgan fingerprint density at radius 1 is 1.40 bits per heavy atom. The highest BCUT2D eigenvalue weighted by atomic mass is 32.2. The molecule has 0 amide bonds. The van der Waals surface area contributed by atoms with E-state index in [0.29, 0.717) is 0 Å². The average Bonchev–Trinajstić information content (AvgIpc) is 2.86. The summed E-state index contributed by atoms with van der Waals surface area (Å²) in [5, 5.41) is 28.8. The predicted molar refractivity (Wildman–Crippen MR) is 67.6 cm³/mol. The maximum absolute atomic E-state index is 11.0. The van der Waals surface area contributed by atoms with Gasteiger partial charge in [-0.05, 0) is 36.0 Å². The van der Waals surface area contributed by atoms with Gasteiger partial charge in [0.05, 0.1) is 9.82 Å². The number of aromatic carboxylic acids is 1. The van der Waals surface area contributed by atoms with Gasteiger partial charge in [-0.1, -0.05) is 6.07 Å². The van der Waals surface area contributed by atoms with Gasteiger partial charge >= 0.3 is 11.7 Å². The van der Waals surface area contributed by atoms with Crippen LogP contribution in [-0.2, 0) is 0 Å². The molecule has 100 valence electrons. The zero-order chi connectivity index (χ0) is 14.7. The number of para-hydroxylation sites is 1. The Morgan fingerprint density at radius 2 is 2.15 bits per heavy atom. The van der Waals surface area contributed by atoms with Crippen molar-refractivity contribution in [2.45, 2.75) is 9.99 Å². The molecule has 1 heterocycles. The van der Waals surface area contributed by atoms with E-state index in [4.69, 9.17) is 14.8 Å². The highest BCUT2D eigenvalue weighted by Gasteiger charge is 2.21. The first-order valence-corrected chi connectivity index (χ1v) is 6.03. The molecule has 1 aromatic carbocycles. The molecule has 1 N–H and O–H groups in total. The van der Waals surface area contributed by atoms with Crippen molar-refractivity contribution in [1.29, 1.82) is 5.26 Å². The Morgan fingerprint density at radius 3 is 2.70 bits per heavy atom. The third kappa shape index (κ3) is 2.62. The van der Waals surface area contributed by atoms with Gasteiger partial charge in [-0.3, -0.25) is 10.1 Å². The number of hydrogen-bond donors (Lipinski definition) is 1. The minimum absolute atomic E-state index is 0.0648. The van der Waals surface area contributed by atoms with E-state index in [9.17, 15) is 14.9 Å². The second-order valence-electron chi connectivity index (χ2n) is 3.55. The highest BCUT2D eigenvalue weighted by molar-refractivity contribution is 7.99. The molecule has 2 rings (SSSR count). The number of carboxylic acids is 1. The number of furan rings is 1. The zero-order valence-electron chi connectivity index (χ0n) is 9.77. The Balaban J connectivity index is 2.40. The zero-order valence-corrected chi connectivity index (χ0v) is 10.6. The van der Waals surface area contributed by atoms with Crippen molar-refractivity contribution in [3.05, 3.63) is 51.8 Å². The van der Waals surface area contributed by atoms with Crippen LogP contribution in [0.15, 0.2) is 44.7 Å². The van der Waals surface area contributed by atoms with Crippen LogP contribution in [0, 0.1) is 21.4 Å². The third-order valence-electron chi connectivity index (χ3n) is 2.30. The summed E-state index contributed by atoms with van der Waals surface area (Å²) < 4.78 is 5.02. The molecule has 0 aliphatic carbocycles. The predicted octanol–water partition coefficient (Wildman–Crippen LogP) is 2.91. The van der Waals surface area contributed by atoms with Gasteiger partial charge in [0.2, 0.25) is 5.76 Å². The van der Waals surface area contributed by atoms with E-state index < -0.39 is 10.9 Å². The number of nitriles is 1. The Bertz CT molecular complexity index is 732. The van der Waals surface area contributed by atoms with Gasteiger partial charge in [0.1, 0.15) is 11.6 Å². The van der Waals surface area contributed by atoms with E-state index in [0.717, 1.165) is 11.8 Å². The van der Waals surface area contributed by atoms with Crippen molar-refractivity contribution in [2.24, 2.45) is 0 Å². The molecule has 0 bridgehead atoms. The average molecular weight is 290 g/mol. The molecule has 0 unspecified atom stereocenters. The summed E-state index contributed by atoms with van der Waals surface area (Å²) in [5.74, 6) is -1.48. The van der Waals surface area contributed by atoms with Crippen molar-refractivity contribution in [2.75, 3.05) is 0 Å². The molecule has 0 fully saturated rings. The molecule has 0 saturated heterocycles. The van der Waals surface area contributed by atoms with Gasteiger partial charge in [-0.25, -0.2) is 4.79 Å². The molecular weight excluding hydrogens is 284 g/mol. The van der Waals surface area contributed by atoms with Gasteiger partial charge in [-0.2, -0.15) is 5.26 Å². The van der Waals surface area contributed by atoms with Crippen LogP contribution in [0.3, 0.4) is 0 Å². The van der Waals surface area contributed by atoms with Gasteiger partial charge in [0.25, 0.3) is 0 Å². The summed E-state index contributed by atoms with van der Waals surface area (Å²) in [7, 11) is 0. The van der Waals surface area contributed by atoms with Crippen LogP contribution in [0.25, 0.3) is 0 Å². The summed E-state index contributed by atoms with van der Waals surface area (Å²) in [6.45, 7) is 0. The van der Waals surface area contributed by atoms with E-state index in [1.807, 2.05) is 0 Å². The summed E-state index contributed by atoms with van der Waals surface area (Å²) in [6, 6.07) is 8.72. The van der Waals surface area contributed by atoms with Crippen molar-refractivity contribution in [1.82, 2.24) is 0 Å². The summed E-state index contributed by atoms with van der Waals surface area (Å²) in [6.07, 6.45) is 0. The van der Waals surface area contributed by atoms with Crippen molar-refractivity contribution >= 4 is 23.4 Å². The molecule has 0 aliphatic rings. The molecule has 20 heavy (non-hydrogen) atoms. The van der Waals surface area contributed by atoms with Crippen LogP contribution in [-0.4, -0.2) is 16.0 Å². The molecule has 0 aliphatic heterocycles. The lowest BCUT2D eigenvalue weighted by atomic mass is 10.2. The molecule has 1 aromatic heterocycles. The minimum Gasteiger partial charge on any atom is -0.475 e. The number of benzene rings is 1. The summed E-state index contributed by atoms with van der Waals surface area (Å²) in [4.78, 5) is 21.3. The quantitative estimate of drug-likeness (QED) is 0.679. The molecule has 0 spiro atoms. The number of rotatable bonds is 4. The molecular formula is C12H6N2O5S. The van der Waals surface area contributed by atoms with Crippen LogP contribution in [0.2, 0.25) is 0 Å². The van der Waals surface area contributed by atoms with E-state index in [2.05, 4.69) is 0 Å². The molecule has 0 radical (unpaired) electrons. The SMILES string of the molecule is N#Cc1cccc(Sc2ccc(C(=O)O)o2)c1[N+](=O)[O-]. The first-order chi connectivity index (χ1) is 9.52. The molecule has 7 nitrogen and oxygen atoms in total. The number of hydrogen-bond acceptors (Lipinski definition) is 6. The fourth-order valence-corrected chi connectivity index (χ4v) is 2.39.